The quantitative estimate of drug-likeness (QED) is 0.497. The average Bonchev–Trinajstić information content (AvgIpc) is 2.60. The van der Waals surface area contributed by atoms with Crippen molar-refractivity contribution >= 4 is 0 Å². The van der Waals surface area contributed by atoms with E-state index in [2.05, 4.69) is 0 Å². The standard InChI is InChI=1S/C9H14O/c1-2-6-7(3-1)9-5-4-8(6)10-9/h6-9H,1-5H2. The molecule has 10 heavy (non-hydrogen) atoms. The highest BCUT2D eigenvalue weighted by Crippen LogP contribution is 2.51. The van der Waals surface area contributed by atoms with Crippen LogP contribution in [0.25, 0.3) is 0 Å². The van der Waals surface area contributed by atoms with Gasteiger partial charge in [-0.05, 0) is 37.5 Å². The van der Waals surface area contributed by atoms with Crippen LogP contribution in [0.15, 0.2) is 0 Å². The number of hydrogen-bond donors (Lipinski definition) is 0. The highest BCUT2D eigenvalue weighted by Gasteiger charge is 2.50. The maximum atomic E-state index is 5.84. The maximum Gasteiger partial charge on any atom is 0.0611 e. The molecule has 2 saturated heterocycles. The van der Waals surface area contributed by atoms with Gasteiger partial charge in [0.1, 0.15) is 0 Å². The third-order valence-electron chi connectivity index (χ3n) is 3.67. The van der Waals surface area contributed by atoms with Gasteiger partial charge in [-0.15, -0.1) is 0 Å². The summed E-state index contributed by atoms with van der Waals surface area (Å²) in [4.78, 5) is 0. The Balaban J connectivity index is 1.92. The van der Waals surface area contributed by atoms with E-state index in [1.807, 2.05) is 0 Å². The first-order valence-corrected chi connectivity index (χ1v) is 4.60. The van der Waals surface area contributed by atoms with E-state index >= 15 is 0 Å². The van der Waals surface area contributed by atoms with E-state index in [1.165, 1.54) is 32.1 Å². The molecule has 1 heteroatoms. The van der Waals surface area contributed by atoms with Gasteiger partial charge >= 0.3 is 0 Å². The molecule has 2 aliphatic heterocycles. The normalized spacial score (nSPS) is 57.6. The first kappa shape index (κ1) is 5.59. The molecule has 1 saturated carbocycles. The summed E-state index contributed by atoms with van der Waals surface area (Å²) in [5, 5.41) is 0. The molecule has 0 aromatic rings. The molecular formula is C9H14O. The summed E-state index contributed by atoms with van der Waals surface area (Å²) >= 11 is 0. The van der Waals surface area contributed by atoms with Crippen molar-refractivity contribution in [1.82, 2.24) is 0 Å². The zero-order valence-electron chi connectivity index (χ0n) is 6.25. The Morgan fingerprint density at radius 3 is 2.00 bits per heavy atom. The summed E-state index contributed by atoms with van der Waals surface area (Å²) < 4.78 is 5.84. The van der Waals surface area contributed by atoms with Crippen LogP contribution in [-0.2, 0) is 4.74 Å². The molecule has 3 rings (SSSR count). The van der Waals surface area contributed by atoms with Gasteiger partial charge in [-0.3, -0.25) is 0 Å². The molecule has 0 aromatic heterocycles. The zero-order chi connectivity index (χ0) is 6.55. The minimum absolute atomic E-state index is 0.692. The minimum Gasteiger partial charge on any atom is -0.374 e. The van der Waals surface area contributed by atoms with Crippen LogP contribution in [0, 0.1) is 11.8 Å². The molecule has 1 nitrogen and oxygen atoms in total. The first-order valence-electron chi connectivity index (χ1n) is 4.60. The summed E-state index contributed by atoms with van der Waals surface area (Å²) in [6.07, 6.45) is 8.52. The molecule has 4 unspecified atom stereocenters. The summed E-state index contributed by atoms with van der Waals surface area (Å²) in [6.45, 7) is 0. The highest BCUT2D eigenvalue weighted by atomic mass is 16.5. The van der Waals surface area contributed by atoms with E-state index in [0.29, 0.717) is 12.2 Å². The van der Waals surface area contributed by atoms with Gasteiger partial charge in [0, 0.05) is 0 Å². The molecule has 0 N–H and O–H groups in total. The molecule has 0 aromatic carbocycles. The molecule has 3 fully saturated rings. The van der Waals surface area contributed by atoms with Crippen molar-refractivity contribution in [3.8, 4) is 0 Å². The van der Waals surface area contributed by atoms with E-state index in [9.17, 15) is 0 Å². The predicted molar refractivity (Wildman–Crippen MR) is 38.7 cm³/mol. The van der Waals surface area contributed by atoms with Gasteiger partial charge in [-0.1, -0.05) is 6.42 Å². The lowest BCUT2D eigenvalue weighted by molar-refractivity contribution is 0.0814. The van der Waals surface area contributed by atoms with Crippen LogP contribution in [0.1, 0.15) is 32.1 Å². The fourth-order valence-electron chi connectivity index (χ4n) is 3.26. The molecule has 0 amide bonds. The Labute approximate surface area is 61.8 Å². The number of fused-ring (bicyclic) bond motifs is 5. The van der Waals surface area contributed by atoms with Gasteiger partial charge < -0.3 is 4.74 Å². The van der Waals surface area contributed by atoms with E-state index in [1.54, 1.807) is 0 Å². The van der Waals surface area contributed by atoms with Crippen LogP contribution in [0.3, 0.4) is 0 Å². The molecule has 2 bridgehead atoms. The second-order valence-electron chi connectivity index (χ2n) is 4.05. The fourth-order valence-corrected chi connectivity index (χ4v) is 3.26. The summed E-state index contributed by atoms with van der Waals surface area (Å²) in [5.74, 6) is 1.97. The molecule has 4 atom stereocenters. The Morgan fingerprint density at radius 1 is 0.800 bits per heavy atom. The van der Waals surface area contributed by atoms with Crippen LogP contribution >= 0.6 is 0 Å². The minimum atomic E-state index is 0.692. The van der Waals surface area contributed by atoms with Gasteiger partial charge in [0.05, 0.1) is 12.2 Å². The predicted octanol–water partition coefficient (Wildman–Crippen LogP) is 1.96. The van der Waals surface area contributed by atoms with Gasteiger partial charge in [-0.2, -0.15) is 0 Å². The Kier molecular flexibility index (Phi) is 0.984. The maximum absolute atomic E-state index is 5.84. The number of ether oxygens (including phenoxy) is 1. The van der Waals surface area contributed by atoms with Crippen molar-refractivity contribution < 1.29 is 4.74 Å². The molecule has 0 radical (unpaired) electrons. The lowest BCUT2D eigenvalue weighted by Crippen LogP contribution is -2.21. The summed E-state index contributed by atoms with van der Waals surface area (Å²) in [7, 11) is 0. The van der Waals surface area contributed by atoms with Crippen LogP contribution in [0.2, 0.25) is 0 Å². The van der Waals surface area contributed by atoms with Crippen LogP contribution < -0.4 is 0 Å². The van der Waals surface area contributed by atoms with E-state index in [-0.39, 0.29) is 0 Å². The molecular weight excluding hydrogens is 124 g/mol. The van der Waals surface area contributed by atoms with Crippen molar-refractivity contribution in [1.29, 1.82) is 0 Å². The first-order chi connectivity index (χ1) is 4.95. The molecule has 2 heterocycles. The lowest BCUT2D eigenvalue weighted by atomic mass is 9.82. The average molecular weight is 138 g/mol. The fraction of sp³-hybridized carbons (Fsp3) is 1.00. The van der Waals surface area contributed by atoms with Gasteiger partial charge in [0.15, 0.2) is 0 Å². The third-order valence-corrected chi connectivity index (χ3v) is 3.67. The van der Waals surface area contributed by atoms with Crippen molar-refractivity contribution in [2.24, 2.45) is 11.8 Å². The molecule has 0 spiro atoms. The van der Waals surface area contributed by atoms with E-state index < -0.39 is 0 Å². The van der Waals surface area contributed by atoms with Crippen molar-refractivity contribution in [3.63, 3.8) is 0 Å². The van der Waals surface area contributed by atoms with Gasteiger partial charge in [0.2, 0.25) is 0 Å². The highest BCUT2D eigenvalue weighted by molar-refractivity contribution is 4.98. The molecule has 1 aliphatic carbocycles. The zero-order valence-corrected chi connectivity index (χ0v) is 6.25. The van der Waals surface area contributed by atoms with Crippen LogP contribution in [0.5, 0.6) is 0 Å². The van der Waals surface area contributed by atoms with Gasteiger partial charge in [0.25, 0.3) is 0 Å². The SMILES string of the molecule is C1CC2C3CCC(O3)C2C1. The Bertz CT molecular complexity index is 139. The largest absolute Gasteiger partial charge is 0.374 e. The number of hydrogen-bond acceptors (Lipinski definition) is 1. The van der Waals surface area contributed by atoms with Crippen molar-refractivity contribution in [2.75, 3.05) is 0 Å². The summed E-state index contributed by atoms with van der Waals surface area (Å²) in [6, 6.07) is 0. The Hall–Kier alpha value is -0.0400. The topological polar surface area (TPSA) is 9.23 Å². The smallest absolute Gasteiger partial charge is 0.0611 e. The molecule has 3 aliphatic rings. The number of rotatable bonds is 0. The second-order valence-corrected chi connectivity index (χ2v) is 4.05. The second kappa shape index (κ2) is 1.76. The third kappa shape index (κ3) is 0.531. The van der Waals surface area contributed by atoms with Gasteiger partial charge in [-0.25, -0.2) is 0 Å². The Morgan fingerprint density at radius 2 is 1.40 bits per heavy atom. The van der Waals surface area contributed by atoms with Crippen LogP contribution in [-0.4, -0.2) is 12.2 Å². The molecule has 56 valence electrons. The lowest BCUT2D eigenvalue weighted by Gasteiger charge is -2.19. The van der Waals surface area contributed by atoms with E-state index in [4.69, 9.17) is 4.74 Å². The monoisotopic (exact) mass is 138 g/mol. The summed E-state index contributed by atoms with van der Waals surface area (Å²) in [5.41, 5.74) is 0. The van der Waals surface area contributed by atoms with Crippen LogP contribution in [0.4, 0.5) is 0 Å². The van der Waals surface area contributed by atoms with Crippen molar-refractivity contribution in [3.05, 3.63) is 0 Å². The van der Waals surface area contributed by atoms with Crippen molar-refractivity contribution in [2.45, 2.75) is 44.3 Å². The van der Waals surface area contributed by atoms with E-state index in [0.717, 1.165) is 11.8 Å².